The van der Waals surface area contributed by atoms with E-state index in [1.165, 1.54) is 0 Å². The van der Waals surface area contributed by atoms with Gasteiger partial charge in [0.1, 0.15) is 5.75 Å². The molecule has 0 saturated carbocycles. The van der Waals surface area contributed by atoms with Crippen molar-refractivity contribution in [2.24, 2.45) is 3.72 Å². The quantitative estimate of drug-likeness (QED) is 0.491. The monoisotopic (exact) mass is 489 g/mol. The number of hydrogen-bond acceptors (Lipinski definition) is 4. The third-order valence-corrected chi connectivity index (χ3v) is 2.42. The fourth-order valence-corrected chi connectivity index (χ4v) is 1.64. The molecule has 0 heterocycles. The molecule has 0 bridgehead atoms. The first kappa shape index (κ1) is 17.9. The summed E-state index contributed by atoms with van der Waals surface area (Å²) in [6.45, 7) is 2.74. The second kappa shape index (κ2) is 10.8. The molecule has 0 aliphatic carbocycles. The van der Waals surface area contributed by atoms with Gasteiger partial charge in [-0.1, -0.05) is 29.3 Å². The van der Waals surface area contributed by atoms with Gasteiger partial charge in [-0.2, -0.15) is 0 Å². The molecular formula is C10H14BBrFNO3W. The van der Waals surface area contributed by atoms with Crippen LogP contribution in [0, 0.1) is 0 Å². The molecule has 0 atom stereocenters. The number of unbranched alkanes of at least 4 members (excludes halogenated alkanes) is 1. The molecule has 1 rings (SSSR count). The van der Waals surface area contributed by atoms with Crippen molar-refractivity contribution in [3.05, 3.63) is 22.7 Å². The second-order valence-electron chi connectivity index (χ2n) is 3.36. The summed E-state index contributed by atoms with van der Waals surface area (Å²) in [4.78, 5) is 0. The SMILES string of the molecule is CCCCOc1cc(Br)cc(B(O)O)c1.F[N]=[W]. The molecular weight excluding hydrogens is 476 g/mol. The van der Waals surface area contributed by atoms with E-state index in [2.05, 4.69) is 26.6 Å². The van der Waals surface area contributed by atoms with Crippen LogP contribution < -0.4 is 10.2 Å². The van der Waals surface area contributed by atoms with Crippen LogP contribution in [-0.4, -0.2) is 23.8 Å². The Morgan fingerprint density at radius 1 is 1.44 bits per heavy atom. The van der Waals surface area contributed by atoms with Crippen molar-refractivity contribution < 1.29 is 38.9 Å². The van der Waals surface area contributed by atoms with Crippen LogP contribution >= 0.6 is 15.9 Å². The van der Waals surface area contributed by atoms with Gasteiger partial charge in [0, 0.05) is 4.47 Å². The van der Waals surface area contributed by atoms with Crippen molar-refractivity contribution in [2.45, 2.75) is 19.8 Å². The summed E-state index contributed by atoms with van der Waals surface area (Å²) < 4.78 is 18.3. The zero-order valence-electron chi connectivity index (χ0n) is 9.84. The molecule has 1 aromatic carbocycles. The Morgan fingerprint density at radius 2 is 2.06 bits per heavy atom. The van der Waals surface area contributed by atoms with E-state index in [9.17, 15) is 4.48 Å². The number of benzene rings is 1. The second-order valence-corrected chi connectivity index (χ2v) is 4.78. The summed E-state index contributed by atoms with van der Waals surface area (Å²) in [5.41, 5.74) is 0.427. The molecule has 0 radical (unpaired) electrons. The maximum absolute atomic E-state index is 9.95. The van der Waals surface area contributed by atoms with Crippen LogP contribution in [0.15, 0.2) is 26.4 Å². The third-order valence-electron chi connectivity index (χ3n) is 1.96. The molecule has 8 heteroatoms. The van der Waals surface area contributed by atoms with E-state index < -0.39 is 7.12 Å². The van der Waals surface area contributed by atoms with Gasteiger partial charge in [-0.25, -0.2) is 0 Å². The zero-order chi connectivity index (χ0) is 14.0. The van der Waals surface area contributed by atoms with Crippen molar-refractivity contribution in [1.82, 2.24) is 0 Å². The molecule has 0 spiro atoms. The minimum atomic E-state index is -1.46. The van der Waals surface area contributed by atoms with Gasteiger partial charge in [0.15, 0.2) is 0 Å². The van der Waals surface area contributed by atoms with Crippen molar-refractivity contribution >= 4 is 28.5 Å². The van der Waals surface area contributed by atoms with Crippen LogP contribution in [-0.2, 0) is 19.6 Å². The number of rotatable bonds is 5. The molecule has 0 aliphatic rings. The van der Waals surface area contributed by atoms with E-state index >= 15 is 0 Å². The number of hydrogen-bond donors (Lipinski definition) is 2. The number of nitrogens with zero attached hydrogens (tertiary/aromatic N) is 1. The maximum atomic E-state index is 9.95. The number of halogens is 2. The van der Waals surface area contributed by atoms with Gasteiger partial charge in [0.25, 0.3) is 0 Å². The third kappa shape index (κ3) is 8.08. The first-order valence-electron chi connectivity index (χ1n) is 5.28. The number of ether oxygens (including phenoxy) is 1. The Bertz CT molecular complexity index is 371. The van der Waals surface area contributed by atoms with Gasteiger partial charge in [-0.15, -0.1) is 0 Å². The predicted octanol–water partition coefficient (Wildman–Crippen LogP) is 1.91. The van der Waals surface area contributed by atoms with Crippen molar-refractivity contribution in [2.75, 3.05) is 6.61 Å². The van der Waals surface area contributed by atoms with Gasteiger partial charge in [0.2, 0.25) is 0 Å². The van der Waals surface area contributed by atoms with Crippen LogP contribution in [0.5, 0.6) is 5.75 Å². The first-order valence-corrected chi connectivity index (χ1v) is 7.38. The Hall–Kier alpha value is -0.0968. The first-order chi connectivity index (χ1) is 8.54. The zero-order valence-corrected chi connectivity index (χ0v) is 14.4. The molecule has 4 nitrogen and oxygen atoms in total. The average Bonchev–Trinajstić information content (AvgIpc) is 2.29. The van der Waals surface area contributed by atoms with Gasteiger partial charge >= 0.3 is 34.9 Å². The molecule has 0 saturated heterocycles. The molecule has 18 heavy (non-hydrogen) atoms. The fourth-order valence-electron chi connectivity index (χ4n) is 1.15. The van der Waals surface area contributed by atoms with Crippen molar-refractivity contribution in [3.63, 3.8) is 0 Å². The minimum absolute atomic E-state index is 0.427. The summed E-state index contributed by atoms with van der Waals surface area (Å²) in [5.74, 6) is 0.654. The Morgan fingerprint density at radius 3 is 2.56 bits per heavy atom. The van der Waals surface area contributed by atoms with Gasteiger partial charge in [-0.05, 0) is 30.1 Å². The summed E-state index contributed by atoms with van der Waals surface area (Å²) in [7, 11) is -1.46. The van der Waals surface area contributed by atoms with E-state index in [1.54, 1.807) is 12.1 Å². The normalized spacial score (nSPS) is 9.17. The average molecular weight is 490 g/mol. The van der Waals surface area contributed by atoms with Crippen molar-refractivity contribution in [1.29, 1.82) is 0 Å². The summed E-state index contributed by atoms with van der Waals surface area (Å²) in [5, 5.41) is 18.0. The van der Waals surface area contributed by atoms with Crippen molar-refractivity contribution in [3.8, 4) is 5.75 Å². The molecule has 0 unspecified atom stereocenters. The Balaban J connectivity index is 0.000000873. The molecule has 1 aromatic rings. The van der Waals surface area contributed by atoms with E-state index in [0.717, 1.165) is 17.3 Å². The fraction of sp³-hybridized carbons (Fsp3) is 0.400. The molecule has 100 valence electrons. The van der Waals surface area contributed by atoms with Crippen LogP contribution in [0.1, 0.15) is 19.8 Å². The van der Waals surface area contributed by atoms with Crippen LogP contribution in [0.2, 0.25) is 0 Å². The van der Waals surface area contributed by atoms with Gasteiger partial charge in [0.05, 0.1) is 6.61 Å². The van der Waals surface area contributed by atoms with Crippen LogP contribution in [0.3, 0.4) is 0 Å². The molecule has 0 fully saturated rings. The van der Waals surface area contributed by atoms with Crippen LogP contribution in [0.4, 0.5) is 4.48 Å². The molecule has 0 aliphatic heterocycles. The van der Waals surface area contributed by atoms with E-state index in [0.29, 0.717) is 37.5 Å². The van der Waals surface area contributed by atoms with E-state index in [1.807, 2.05) is 6.07 Å². The molecule has 0 amide bonds. The standard InChI is InChI=1S/C10H14BBrO3.FN.W/c1-2-3-4-15-10-6-8(11(13)14)5-9(12)7-10;1-2;/h5-7,13-14H,2-4H2,1H3;;. The molecule has 2 N–H and O–H groups in total. The Labute approximate surface area is 126 Å². The van der Waals surface area contributed by atoms with E-state index in [4.69, 9.17) is 14.8 Å². The van der Waals surface area contributed by atoms with Gasteiger partial charge in [-0.3, -0.25) is 0 Å². The van der Waals surface area contributed by atoms with E-state index in [-0.39, 0.29) is 0 Å². The summed E-state index contributed by atoms with van der Waals surface area (Å²) in [6.07, 6.45) is 2.06. The van der Waals surface area contributed by atoms with Gasteiger partial charge < -0.3 is 14.8 Å². The summed E-state index contributed by atoms with van der Waals surface area (Å²) in [6, 6.07) is 5.09. The van der Waals surface area contributed by atoms with Crippen LogP contribution in [0.25, 0.3) is 0 Å². The predicted molar refractivity (Wildman–Crippen MR) is 67.9 cm³/mol. The topological polar surface area (TPSA) is 62.0 Å². The Kier molecular flexibility index (Phi) is 10.7. The summed E-state index contributed by atoms with van der Waals surface area (Å²) >= 11 is 3.92. The molecule has 0 aromatic heterocycles.